The molecule has 2 saturated heterocycles. The third-order valence-corrected chi connectivity index (χ3v) is 7.40. The first-order valence-corrected chi connectivity index (χ1v) is 13.3. The molecule has 2 fully saturated rings. The second-order valence-electron chi connectivity index (χ2n) is 10.1. The Balaban J connectivity index is 1.18. The standard InChI is InChI=1S/C29H27F6N5O2/c30-28(31,32)20-4-1-6-22(18-20)37-10-14-39(15-11-37)26(41)24-8-3-9-25(36-24)27(42)40-16-12-38(13-17-40)23-7-2-5-21(19-23)29(33,34)35/h1-9,18-19H,10-17H2. The summed E-state index contributed by atoms with van der Waals surface area (Å²) in [5.41, 5.74) is -0.457. The lowest BCUT2D eigenvalue weighted by Gasteiger charge is -2.36. The highest BCUT2D eigenvalue weighted by Gasteiger charge is 2.33. The maximum Gasteiger partial charge on any atom is 0.416 e. The van der Waals surface area contributed by atoms with Gasteiger partial charge >= 0.3 is 12.4 Å². The fraction of sp³-hybridized carbons (Fsp3) is 0.345. The molecule has 0 spiro atoms. The molecular weight excluding hydrogens is 564 g/mol. The number of anilines is 2. The van der Waals surface area contributed by atoms with E-state index in [1.807, 2.05) is 0 Å². The summed E-state index contributed by atoms with van der Waals surface area (Å²) in [7, 11) is 0. The van der Waals surface area contributed by atoms with Gasteiger partial charge in [0.25, 0.3) is 11.8 Å². The van der Waals surface area contributed by atoms with Gasteiger partial charge in [-0.25, -0.2) is 4.98 Å². The van der Waals surface area contributed by atoms with E-state index in [4.69, 9.17) is 0 Å². The first-order valence-electron chi connectivity index (χ1n) is 13.3. The molecular formula is C29H27F6N5O2. The van der Waals surface area contributed by atoms with Gasteiger partial charge in [0, 0.05) is 63.7 Å². The molecule has 0 N–H and O–H groups in total. The second kappa shape index (κ2) is 11.5. The van der Waals surface area contributed by atoms with Crippen molar-refractivity contribution in [2.45, 2.75) is 12.4 Å². The summed E-state index contributed by atoms with van der Waals surface area (Å²) < 4.78 is 78.6. The summed E-state index contributed by atoms with van der Waals surface area (Å²) in [6.45, 7) is 2.42. The monoisotopic (exact) mass is 591 g/mol. The van der Waals surface area contributed by atoms with Crippen molar-refractivity contribution in [1.29, 1.82) is 0 Å². The van der Waals surface area contributed by atoms with Gasteiger partial charge in [-0.2, -0.15) is 26.3 Å². The van der Waals surface area contributed by atoms with Gasteiger partial charge in [0.15, 0.2) is 0 Å². The van der Waals surface area contributed by atoms with Crippen molar-refractivity contribution in [3.8, 4) is 0 Å². The van der Waals surface area contributed by atoms with Crippen LogP contribution in [-0.4, -0.2) is 79.0 Å². The summed E-state index contributed by atoms with van der Waals surface area (Å²) >= 11 is 0. The highest BCUT2D eigenvalue weighted by Crippen LogP contribution is 2.33. The Hall–Kier alpha value is -4.29. The molecule has 0 aliphatic carbocycles. The van der Waals surface area contributed by atoms with Crippen molar-refractivity contribution in [2.24, 2.45) is 0 Å². The van der Waals surface area contributed by atoms with Crippen LogP contribution < -0.4 is 9.80 Å². The van der Waals surface area contributed by atoms with Gasteiger partial charge in [0.2, 0.25) is 0 Å². The molecule has 42 heavy (non-hydrogen) atoms. The van der Waals surface area contributed by atoms with Crippen LogP contribution >= 0.6 is 0 Å². The first kappa shape index (κ1) is 29.2. The Morgan fingerprint density at radius 1 is 0.548 bits per heavy atom. The number of hydrogen-bond acceptors (Lipinski definition) is 5. The highest BCUT2D eigenvalue weighted by molar-refractivity contribution is 5.96. The Bertz CT molecular complexity index is 1340. The SMILES string of the molecule is O=C(c1cccc(C(=O)N2CCN(c3cccc(C(F)(F)F)c3)CC2)n1)N1CCN(c2cccc(C(F)(F)F)c2)CC1. The minimum Gasteiger partial charge on any atom is -0.368 e. The fourth-order valence-electron chi connectivity index (χ4n) is 5.09. The van der Waals surface area contributed by atoms with Crippen molar-refractivity contribution < 1.29 is 35.9 Å². The van der Waals surface area contributed by atoms with Gasteiger partial charge in [-0.15, -0.1) is 0 Å². The zero-order chi connectivity index (χ0) is 30.1. The Morgan fingerprint density at radius 2 is 0.905 bits per heavy atom. The van der Waals surface area contributed by atoms with Crippen molar-refractivity contribution in [3.63, 3.8) is 0 Å². The Morgan fingerprint density at radius 3 is 1.26 bits per heavy atom. The third kappa shape index (κ3) is 6.44. The van der Waals surface area contributed by atoms with E-state index in [1.54, 1.807) is 37.8 Å². The lowest BCUT2D eigenvalue weighted by molar-refractivity contribution is -0.138. The van der Waals surface area contributed by atoms with Gasteiger partial charge in [-0.3, -0.25) is 9.59 Å². The van der Waals surface area contributed by atoms with Crippen LogP contribution in [0.25, 0.3) is 0 Å². The number of benzene rings is 2. The van der Waals surface area contributed by atoms with Crippen LogP contribution in [0.4, 0.5) is 37.7 Å². The minimum absolute atomic E-state index is 0.0796. The van der Waals surface area contributed by atoms with Crippen LogP contribution in [0.15, 0.2) is 66.7 Å². The summed E-state index contributed by atoms with van der Waals surface area (Å²) in [6.07, 6.45) is -8.89. The normalized spacial score (nSPS) is 16.5. The van der Waals surface area contributed by atoms with Crippen LogP contribution in [0.3, 0.4) is 0 Å². The molecule has 3 aromatic rings. The first-order chi connectivity index (χ1) is 19.9. The minimum atomic E-state index is -4.45. The van der Waals surface area contributed by atoms with Crippen LogP contribution in [0, 0.1) is 0 Å². The fourth-order valence-corrected chi connectivity index (χ4v) is 5.09. The molecule has 2 aliphatic heterocycles. The molecule has 0 radical (unpaired) electrons. The summed E-state index contributed by atoms with van der Waals surface area (Å²) in [5.74, 6) is -0.773. The molecule has 0 unspecified atom stereocenters. The Kier molecular flexibility index (Phi) is 8.02. The summed E-state index contributed by atoms with van der Waals surface area (Å²) in [6, 6.07) is 14.7. The van der Waals surface area contributed by atoms with Crippen LogP contribution in [0.2, 0.25) is 0 Å². The number of halogens is 6. The number of amides is 2. The van der Waals surface area contributed by atoms with Gasteiger partial charge in [0.1, 0.15) is 11.4 Å². The quantitative estimate of drug-likeness (QED) is 0.398. The van der Waals surface area contributed by atoms with Gasteiger partial charge in [-0.1, -0.05) is 18.2 Å². The summed E-state index contributed by atoms with van der Waals surface area (Å²) in [4.78, 5) is 37.3. The number of pyridine rings is 1. The largest absolute Gasteiger partial charge is 0.416 e. The molecule has 0 bridgehead atoms. The predicted molar refractivity (Wildman–Crippen MR) is 143 cm³/mol. The third-order valence-electron chi connectivity index (χ3n) is 7.40. The number of aromatic nitrogens is 1. The topological polar surface area (TPSA) is 60.0 Å². The lowest BCUT2D eigenvalue weighted by Crippen LogP contribution is -2.49. The number of rotatable bonds is 4. The van der Waals surface area contributed by atoms with Crippen LogP contribution in [0.5, 0.6) is 0 Å². The smallest absolute Gasteiger partial charge is 0.368 e. The van der Waals surface area contributed by atoms with Crippen molar-refractivity contribution >= 4 is 23.2 Å². The van der Waals surface area contributed by atoms with Gasteiger partial charge < -0.3 is 19.6 Å². The number of hydrogen-bond donors (Lipinski definition) is 0. The molecule has 2 aromatic carbocycles. The van der Waals surface area contributed by atoms with Crippen molar-refractivity contribution in [1.82, 2.24) is 14.8 Å². The average Bonchev–Trinajstić information content (AvgIpc) is 3.00. The molecule has 0 atom stereocenters. The lowest BCUT2D eigenvalue weighted by atomic mass is 10.1. The molecule has 5 rings (SSSR count). The molecule has 1 aromatic heterocycles. The van der Waals surface area contributed by atoms with Crippen LogP contribution in [0.1, 0.15) is 32.1 Å². The molecule has 2 aliphatic rings. The average molecular weight is 592 g/mol. The predicted octanol–water partition coefficient (Wildman–Crippen LogP) is 5.04. The number of carbonyl (C=O) groups excluding carboxylic acids is 2. The number of carbonyl (C=O) groups is 2. The maximum absolute atomic E-state index is 13.2. The zero-order valence-corrected chi connectivity index (χ0v) is 22.3. The van der Waals surface area contributed by atoms with E-state index in [9.17, 15) is 35.9 Å². The maximum atomic E-state index is 13.2. The summed E-state index contributed by atoms with van der Waals surface area (Å²) in [5, 5.41) is 0. The molecule has 7 nitrogen and oxygen atoms in total. The van der Waals surface area contributed by atoms with E-state index in [1.165, 1.54) is 24.3 Å². The molecule has 222 valence electrons. The van der Waals surface area contributed by atoms with E-state index < -0.39 is 23.5 Å². The molecule has 0 saturated carbocycles. The number of piperazine rings is 2. The Labute approximate surface area is 237 Å². The molecule has 3 heterocycles. The highest BCUT2D eigenvalue weighted by atomic mass is 19.4. The zero-order valence-electron chi connectivity index (χ0n) is 22.3. The van der Waals surface area contributed by atoms with Crippen LogP contribution in [-0.2, 0) is 12.4 Å². The van der Waals surface area contributed by atoms with E-state index in [-0.39, 0.29) is 49.4 Å². The van der Waals surface area contributed by atoms with E-state index >= 15 is 0 Å². The second-order valence-corrected chi connectivity index (χ2v) is 10.1. The van der Waals surface area contributed by atoms with Crippen molar-refractivity contribution in [3.05, 3.63) is 89.2 Å². The van der Waals surface area contributed by atoms with Crippen molar-refractivity contribution in [2.75, 3.05) is 62.2 Å². The molecule has 13 heteroatoms. The number of alkyl halides is 6. The van der Waals surface area contributed by atoms with Gasteiger partial charge in [-0.05, 0) is 48.5 Å². The van der Waals surface area contributed by atoms with E-state index in [2.05, 4.69) is 4.98 Å². The number of nitrogens with zero attached hydrogens (tertiary/aromatic N) is 5. The van der Waals surface area contributed by atoms with Gasteiger partial charge in [0.05, 0.1) is 11.1 Å². The van der Waals surface area contributed by atoms with E-state index in [0.717, 1.165) is 24.3 Å². The van der Waals surface area contributed by atoms with E-state index in [0.29, 0.717) is 37.6 Å². The molecule has 2 amide bonds.